The van der Waals surface area contributed by atoms with Crippen LogP contribution in [0.2, 0.25) is 0 Å². The van der Waals surface area contributed by atoms with Gasteiger partial charge in [-0.2, -0.15) is 26.3 Å². The molecule has 0 bridgehead atoms. The van der Waals surface area contributed by atoms with Crippen molar-refractivity contribution >= 4 is 21.7 Å². The van der Waals surface area contributed by atoms with Gasteiger partial charge in [0.2, 0.25) is 5.91 Å². The van der Waals surface area contributed by atoms with E-state index in [0.29, 0.717) is 6.07 Å². The number of carbonyl (C=O) groups is 2. The molecule has 4 atom stereocenters. The second-order valence-corrected chi connectivity index (χ2v) is 13.5. The third kappa shape index (κ3) is 4.60. The first-order valence-corrected chi connectivity index (χ1v) is 14.8. The highest BCUT2D eigenvalue weighted by Gasteiger charge is 2.74. The Labute approximate surface area is 240 Å². The second kappa shape index (κ2) is 10.2. The van der Waals surface area contributed by atoms with E-state index in [1.807, 2.05) is 0 Å². The smallest absolute Gasteiger partial charge is 0.435 e. The number of nitrogens with zero attached hydrogens (tertiary/aromatic N) is 1. The van der Waals surface area contributed by atoms with E-state index >= 15 is 0 Å². The minimum Gasteiger partial charge on any atom is -0.481 e. The van der Waals surface area contributed by atoms with Crippen molar-refractivity contribution < 1.29 is 58.2 Å². The molecular weight excluding hydrogens is 614 g/mol. The molecular formula is C28H25F8NO5S. The zero-order chi connectivity index (χ0) is 31.8. The van der Waals surface area contributed by atoms with E-state index in [9.17, 15) is 58.2 Å². The second-order valence-electron chi connectivity index (χ2n) is 11.3. The zero-order valence-corrected chi connectivity index (χ0v) is 23.0. The predicted octanol–water partition coefficient (Wildman–Crippen LogP) is 5.83. The number of hydrogen-bond donors (Lipinski definition) is 1. The van der Waals surface area contributed by atoms with Gasteiger partial charge in [0.1, 0.15) is 10.6 Å². The van der Waals surface area contributed by atoms with Gasteiger partial charge < -0.3 is 10.0 Å². The SMILES string of the molecule is O=C(O)C1CCC(C(=O)N2CCC3(S(=O)(=O)c4cccc(F)c4)c4ccc(C(F)(C(F)(F)F)C(F)(F)F)cc4CCC23)C1. The number of alkyl halides is 7. The molecule has 2 aromatic carbocycles. The molecule has 1 saturated heterocycles. The van der Waals surface area contributed by atoms with Gasteiger partial charge in [-0.05, 0) is 67.9 Å². The van der Waals surface area contributed by atoms with Crippen LogP contribution in [-0.2, 0) is 36.3 Å². The van der Waals surface area contributed by atoms with Crippen LogP contribution >= 0.6 is 0 Å². The quantitative estimate of drug-likeness (QED) is 0.416. The van der Waals surface area contributed by atoms with Gasteiger partial charge in [0, 0.05) is 18.0 Å². The summed E-state index contributed by atoms with van der Waals surface area (Å²) in [5.74, 6) is -4.02. The maximum Gasteiger partial charge on any atom is 0.435 e. The van der Waals surface area contributed by atoms with Gasteiger partial charge in [-0.25, -0.2) is 17.2 Å². The molecule has 5 rings (SSSR count). The van der Waals surface area contributed by atoms with Crippen LogP contribution in [0.5, 0.6) is 0 Å². The first kappa shape index (κ1) is 31.2. The number of carboxylic acid groups (broad SMARTS) is 1. The molecule has 6 nitrogen and oxygen atoms in total. The highest BCUT2D eigenvalue weighted by atomic mass is 32.2. The molecule has 2 fully saturated rings. The van der Waals surface area contributed by atoms with Crippen LogP contribution in [0, 0.1) is 17.7 Å². The molecule has 0 radical (unpaired) electrons. The number of aryl methyl sites for hydroxylation is 1. The van der Waals surface area contributed by atoms with Crippen molar-refractivity contribution in [2.75, 3.05) is 6.54 Å². The van der Waals surface area contributed by atoms with E-state index in [-0.39, 0.29) is 62.3 Å². The highest BCUT2D eigenvalue weighted by molar-refractivity contribution is 7.92. The summed E-state index contributed by atoms with van der Waals surface area (Å²) in [5, 5.41) is 9.35. The number of carboxylic acids is 1. The first-order chi connectivity index (χ1) is 19.9. The summed E-state index contributed by atoms with van der Waals surface area (Å²) < 4.78 is 137. The van der Waals surface area contributed by atoms with Crippen molar-refractivity contribution in [2.45, 2.75) is 72.2 Å². The lowest BCUT2D eigenvalue weighted by atomic mass is 9.76. The Morgan fingerprint density at radius 2 is 1.56 bits per heavy atom. The van der Waals surface area contributed by atoms with Crippen molar-refractivity contribution in [3.8, 4) is 0 Å². The van der Waals surface area contributed by atoms with E-state index in [1.165, 1.54) is 4.90 Å². The molecule has 2 aliphatic carbocycles. The molecule has 1 N–H and O–H groups in total. The number of rotatable bonds is 5. The molecule has 0 aromatic heterocycles. The van der Waals surface area contributed by atoms with E-state index in [4.69, 9.17) is 0 Å². The predicted molar refractivity (Wildman–Crippen MR) is 134 cm³/mol. The molecule has 4 unspecified atom stereocenters. The standard InChI is InChI=1S/C28H25F8NO5S/c29-19-2-1-3-20(14-19)43(41,42)25-10-11-37(23(38)16-4-5-17(12-16)24(39)40)22(25)9-6-15-13-18(7-8-21(15)25)26(30,27(31,32)33)28(34,35)36/h1-3,7-8,13-14,16-17,22H,4-6,9-12H2,(H,39,40). The zero-order valence-electron chi connectivity index (χ0n) is 22.2. The number of amides is 1. The Bertz CT molecular complexity index is 1560. The summed E-state index contributed by atoms with van der Waals surface area (Å²) in [6.45, 7) is -0.175. The Morgan fingerprint density at radius 1 is 0.907 bits per heavy atom. The fourth-order valence-electron chi connectivity index (χ4n) is 7.00. The fourth-order valence-corrected chi connectivity index (χ4v) is 9.40. The van der Waals surface area contributed by atoms with Crippen LogP contribution in [0.4, 0.5) is 35.1 Å². The van der Waals surface area contributed by atoms with Gasteiger partial charge in [-0.3, -0.25) is 9.59 Å². The summed E-state index contributed by atoms with van der Waals surface area (Å²) in [6, 6.07) is 4.10. The van der Waals surface area contributed by atoms with Gasteiger partial charge in [-0.1, -0.05) is 24.3 Å². The lowest BCUT2D eigenvalue weighted by Gasteiger charge is -2.43. The Morgan fingerprint density at radius 3 is 2.14 bits per heavy atom. The van der Waals surface area contributed by atoms with Crippen LogP contribution in [0.3, 0.4) is 0 Å². The van der Waals surface area contributed by atoms with Crippen molar-refractivity contribution in [2.24, 2.45) is 11.8 Å². The normalized spacial score (nSPS) is 26.2. The van der Waals surface area contributed by atoms with Gasteiger partial charge in [-0.15, -0.1) is 0 Å². The molecule has 0 spiro atoms. The van der Waals surface area contributed by atoms with E-state index in [0.717, 1.165) is 30.3 Å². The van der Waals surface area contributed by atoms with Gasteiger partial charge in [0.25, 0.3) is 0 Å². The van der Waals surface area contributed by atoms with Crippen molar-refractivity contribution in [1.82, 2.24) is 4.90 Å². The molecule has 1 aliphatic heterocycles. The molecule has 15 heteroatoms. The monoisotopic (exact) mass is 639 g/mol. The summed E-state index contributed by atoms with van der Waals surface area (Å²) >= 11 is 0. The van der Waals surface area contributed by atoms with E-state index in [1.54, 1.807) is 0 Å². The van der Waals surface area contributed by atoms with Crippen molar-refractivity contribution in [3.05, 3.63) is 65.0 Å². The molecule has 2 aromatic rings. The minimum absolute atomic E-state index is 0.0223. The topological polar surface area (TPSA) is 91.8 Å². The fraction of sp³-hybridized carbons (Fsp3) is 0.500. The number of benzene rings is 2. The summed E-state index contributed by atoms with van der Waals surface area (Å²) in [7, 11) is -4.68. The summed E-state index contributed by atoms with van der Waals surface area (Å²) in [4.78, 5) is 25.8. The Hall–Kier alpha value is -3.23. The maximum absolute atomic E-state index is 14.9. The van der Waals surface area contributed by atoms with Crippen molar-refractivity contribution in [3.63, 3.8) is 0 Å². The lowest BCUT2D eigenvalue weighted by Crippen LogP contribution is -2.53. The molecule has 3 aliphatic rings. The number of fused-ring (bicyclic) bond motifs is 3. The summed E-state index contributed by atoms with van der Waals surface area (Å²) in [6.07, 6.45) is -13.1. The number of sulfone groups is 1. The third-order valence-corrected chi connectivity index (χ3v) is 11.6. The molecule has 1 saturated carbocycles. The van der Waals surface area contributed by atoms with Crippen LogP contribution < -0.4 is 0 Å². The maximum atomic E-state index is 14.9. The number of carbonyl (C=O) groups excluding carboxylic acids is 1. The van der Waals surface area contributed by atoms with Gasteiger partial charge >= 0.3 is 24.0 Å². The highest BCUT2D eigenvalue weighted by Crippen LogP contribution is 2.57. The largest absolute Gasteiger partial charge is 0.481 e. The number of likely N-dealkylation sites (tertiary alicyclic amines) is 1. The first-order valence-electron chi connectivity index (χ1n) is 13.4. The minimum atomic E-state index is -6.38. The number of hydrogen-bond acceptors (Lipinski definition) is 4. The van der Waals surface area contributed by atoms with Crippen LogP contribution in [0.1, 0.15) is 48.8 Å². The average Bonchev–Trinajstić information content (AvgIpc) is 3.57. The van der Waals surface area contributed by atoms with Crippen molar-refractivity contribution in [1.29, 1.82) is 0 Å². The third-order valence-electron chi connectivity index (χ3n) is 9.07. The molecule has 43 heavy (non-hydrogen) atoms. The van der Waals surface area contributed by atoms with Gasteiger partial charge in [0.15, 0.2) is 9.84 Å². The lowest BCUT2D eigenvalue weighted by molar-refractivity contribution is -0.348. The number of halogens is 8. The number of aliphatic carboxylic acids is 1. The van der Waals surface area contributed by atoms with E-state index < -0.39 is 78.6 Å². The molecule has 1 heterocycles. The van der Waals surface area contributed by atoms with Crippen LogP contribution in [0.15, 0.2) is 47.4 Å². The van der Waals surface area contributed by atoms with Crippen LogP contribution in [0.25, 0.3) is 0 Å². The average molecular weight is 640 g/mol. The van der Waals surface area contributed by atoms with Gasteiger partial charge in [0.05, 0.1) is 16.9 Å². The Kier molecular flexibility index (Phi) is 7.37. The molecule has 234 valence electrons. The van der Waals surface area contributed by atoms with Crippen LogP contribution in [-0.4, -0.2) is 55.2 Å². The Balaban J connectivity index is 1.66. The summed E-state index contributed by atoms with van der Waals surface area (Å²) in [5.41, 5.74) is -7.97. The molecule has 1 amide bonds. The van der Waals surface area contributed by atoms with E-state index in [2.05, 4.69) is 0 Å².